The molecule has 0 saturated heterocycles. The molecule has 2 N–H and O–H groups in total. The highest BCUT2D eigenvalue weighted by atomic mass is 32.1. The number of hydrogen-bond acceptors (Lipinski definition) is 2. The van der Waals surface area contributed by atoms with Crippen molar-refractivity contribution in [3.05, 3.63) is 22.4 Å². The maximum atomic E-state index is 5.46. The van der Waals surface area contributed by atoms with Crippen molar-refractivity contribution in [1.82, 2.24) is 0 Å². The van der Waals surface area contributed by atoms with Crippen LogP contribution in [0.1, 0.15) is 56.9 Å². The average molecular weight is 239 g/mol. The molecule has 0 aliphatic rings. The van der Waals surface area contributed by atoms with Gasteiger partial charge in [0, 0.05) is 0 Å². The van der Waals surface area contributed by atoms with E-state index in [2.05, 4.69) is 16.8 Å². The van der Waals surface area contributed by atoms with Crippen molar-refractivity contribution in [2.24, 2.45) is 5.73 Å². The molecule has 0 aromatic carbocycles. The van der Waals surface area contributed by atoms with Crippen molar-refractivity contribution >= 4 is 11.3 Å². The predicted molar refractivity (Wildman–Crippen MR) is 74.0 cm³/mol. The Kier molecular flexibility index (Phi) is 8.45. The number of rotatable bonds is 10. The SMILES string of the molecule is NCCCCCCCCCCc1ccsc1. The molecule has 0 fully saturated rings. The molecule has 0 aliphatic carbocycles. The standard InChI is InChI=1S/C14H25NS/c15-11-8-6-4-2-1-3-5-7-9-14-10-12-16-13-14/h10,12-13H,1-9,11,15H2. The molecule has 0 amide bonds. The highest BCUT2D eigenvalue weighted by Crippen LogP contribution is 2.12. The van der Waals surface area contributed by atoms with Crippen LogP contribution < -0.4 is 5.73 Å². The Hall–Kier alpha value is -0.340. The smallest absolute Gasteiger partial charge is 0.00613 e. The summed E-state index contributed by atoms with van der Waals surface area (Å²) in [6, 6.07) is 2.25. The van der Waals surface area contributed by atoms with Gasteiger partial charge in [-0.15, -0.1) is 0 Å². The van der Waals surface area contributed by atoms with E-state index in [-0.39, 0.29) is 0 Å². The molecule has 92 valence electrons. The first-order valence-electron chi connectivity index (χ1n) is 6.64. The first-order chi connectivity index (χ1) is 7.93. The van der Waals surface area contributed by atoms with Gasteiger partial charge in [0.05, 0.1) is 0 Å². The minimum Gasteiger partial charge on any atom is -0.330 e. The van der Waals surface area contributed by atoms with Gasteiger partial charge in [-0.05, 0) is 48.2 Å². The van der Waals surface area contributed by atoms with Crippen LogP contribution in [0.5, 0.6) is 0 Å². The number of nitrogens with two attached hydrogens (primary N) is 1. The summed E-state index contributed by atoms with van der Waals surface area (Å²) in [5, 5.41) is 4.44. The molecule has 16 heavy (non-hydrogen) atoms. The van der Waals surface area contributed by atoms with Gasteiger partial charge in [-0.25, -0.2) is 0 Å². The Morgan fingerprint density at radius 3 is 2.06 bits per heavy atom. The van der Waals surface area contributed by atoms with Gasteiger partial charge in [-0.1, -0.05) is 38.5 Å². The van der Waals surface area contributed by atoms with Crippen LogP contribution >= 0.6 is 11.3 Å². The highest BCUT2D eigenvalue weighted by molar-refractivity contribution is 7.07. The summed E-state index contributed by atoms with van der Waals surface area (Å²) in [6.45, 7) is 0.862. The molecule has 0 aliphatic heterocycles. The van der Waals surface area contributed by atoms with Crippen LogP contribution in [0.4, 0.5) is 0 Å². The van der Waals surface area contributed by atoms with Crippen molar-refractivity contribution < 1.29 is 0 Å². The molecule has 0 saturated carbocycles. The van der Waals surface area contributed by atoms with E-state index in [0.717, 1.165) is 6.54 Å². The Labute approximate surface area is 104 Å². The number of hydrogen-bond donors (Lipinski definition) is 1. The lowest BCUT2D eigenvalue weighted by Gasteiger charge is -2.01. The molecule has 1 heterocycles. The van der Waals surface area contributed by atoms with E-state index in [4.69, 9.17) is 5.73 Å². The zero-order valence-electron chi connectivity index (χ0n) is 10.3. The first kappa shape index (κ1) is 13.7. The molecule has 1 rings (SSSR count). The van der Waals surface area contributed by atoms with Gasteiger partial charge in [-0.2, -0.15) is 11.3 Å². The lowest BCUT2D eigenvalue weighted by Crippen LogP contribution is -1.97. The van der Waals surface area contributed by atoms with Gasteiger partial charge in [0.2, 0.25) is 0 Å². The van der Waals surface area contributed by atoms with E-state index in [1.165, 1.54) is 63.4 Å². The highest BCUT2D eigenvalue weighted by Gasteiger charge is 1.94. The lowest BCUT2D eigenvalue weighted by atomic mass is 10.1. The van der Waals surface area contributed by atoms with E-state index >= 15 is 0 Å². The Morgan fingerprint density at radius 2 is 1.50 bits per heavy atom. The second-order valence-electron chi connectivity index (χ2n) is 4.50. The van der Waals surface area contributed by atoms with Crippen LogP contribution in [0.3, 0.4) is 0 Å². The summed E-state index contributed by atoms with van der Waals surface area (Å²) < 4.78 is 0. The number of thiophene rings is 1. The molecule has 0 unspecified atom stereocenters. The molecule has 1 nitrogen and oxygen atoms in total. The average Bonchev–Trinajstić information content (AvgIpc) is 2.80. The monoisotopic (exact) mass is 239 g/mol. The summed E-state index contributed by atoms with van der Waals surface area (Å²) in [6.07, 6.45) is 12.2. The second kappa shape index (κ2) is 9.86. The molecule has 0 bridgehead atoms. The van der Waals surface area contributed by atoms with Crippen LogP contribution in [-0.2, 0) is 6.42 Å². The minimum atomic E-state index is 0.862. The van der Waals surface area contributed by atoms with E-state index in [1.807, 2.05) is 11.3 Å². The van der Waals surface area contributed by atoms with Crippen LogP contribution in [-0.4, -0.2) is 6.54 Å². The van der Waals surface area contributed by atoms with E-state index in [1.54, 1.807) is 0 Å². The number of unbranched alkanes of at least 4 members (excludes halogenated alkanes) is 7. The fourth-order valence-corrected chi connectivity index (χ4v) is 2.67. The van der Waals surface area contributed by atoms with Crippen molar-refractivity contribution in [3.8, 4) is 0 Å². The van der Waals surface area contributed by atoms with E-state index in [0.29, 0.717) is 0 Å². The molecular formula is C14H25NS. The summed E-state index contributed by atoms with van der Waals surface area (Å²) in [7, 11) is 0. The van der Waals surface area contributed by atoms with Crippen LogP contribution in [0, 0.1) is 0 Å². The Bertz CT molecular complexity index is 231. The molecule has 0 spiro atoms. The fraction of sp³-hybridized carbons (Fsp3) is 0.714. The first-order valence-corrected chi connectivity index (χ1v) is 7.59. The minimum absolute atomic E-state index is 0.862. The van der Waals surface area contributed by atoms with Crippen molar-refractivity contribution in [2.45, 2.75) is 57.8 Å². The van der Waals surface area contributed by atoms with E-state index < -0.39 is 0 Å². The second-order valence-corrected chi connectivity index (χ2v) is 5.28. The van der Waals surface area contributed by atoms with Crippen molar-refractivity contribution in [2.75, 3.05) is 6.54 Å². The summed E-state index contributed by atoms with van der Waals surface area (Å²) >= 11 is 1.81. The largest absolute Gasteiger partial charge is 0.330 e. The van der Waals surface area contributed by atoms with Gasteiger partial charge >= 0.3 is 0 Å². The Balaban J connectivity index is 1.78. The zero-order chi connectivity index (χ0) is 11.5. The molecule has 0 atom stereocenters. The van der Waals surface area contributed by atoms with Crippen LogP contribution in [0.15, 0.2) is 16.8 Å². The molecule has 1 aromatic heterocycles. The Morgan fingerprint density at radius 1 is 0.875 bits per heavy atom. The summed E-state index contributed by atoms with van der Waals surface area (Å²) in [5.41, 5.74) is 6.98. The zero-order valence-corrected chi connectivity index (χ0v) is 11.1. The van der Waals surface area contributed by atoms with Gasteiger partial charge in [0.25, 0.3) is 0 Å². The maximum Gasteiger partial charge on any atom is -0.00613 e. The maximum absolute atomic E-state index is 5.46. The van der Waals surface area contributed by atoms with Crippen LogP contribution in [0.25, 0.3) is 0 Å². The fourth-order valence-electron chi connectivity index (χ4n) is 1.97. The van der Waals surface area contributed by atoms with Crippen molar-refractivity contribution in [1.29, 1.82) is 0 Å². The topological polar surface area (TPSA) is 26.0 Å². The lowest BCUT2D eigenvalue weighted by molar-refractivity contribution is 0.570. The molecular weight excluding hydrogens is 214 g/mol. The third-order valence-electron chi connectivity index (χ3n) is 3.00. The van der Waals surface area contributed by atoms with E-state index in [9.17, 15) is 0 Å². The van der Waals surface area contributed by atoms with Gasteiger partial charge in [-0.3, -0.25) is 0 Å². The normalized spacial score (nSPS) is 10.8. The van der Waals surface area contributed by atoms with Gasteiger partial charge in [0.1, 0.15) is 0 Å². The van der Waals surface area contributed by atoms with Crippen LogP contribution in [0.2, 0.25) is 0 Å². The third kappa shape index (κ3) is 7.02. The molecule has 0 radical (unpaired) electrons. The van der Waals surface area contributed by atoms with Gasteiger partial charge in [0.15, 0.2) is 0 Å². The predicted octanol–water partition coefficient (Wildman–Crippen LogP) is 4.37. The van der Waals surface area contributed by atoms with Gasteiger partial charge < -0.3 is 5.73 Å². The molecule has 1 aromatic rings. The molecule has 2 heteroatoms. The summed E-state index contributed by atoms with van der Waals surface area (Å²) in [5.74, 6) is 0. The quantitative estimate of drug-likeness (QED) is 0.603. The van der Waals surface area contributed by atoms with Crippen molar-refractivity contribution in [3.63, 3.8) is 0 Å². The third-order valence-corrected chi connectivity index (χ3v) is 3.73. The number of aryl methyl sites for hydroxylation is 1. The summed E-state index contributed by atoms with van der Waals surface area (Å²) in [4.78, 5) is 0.